The Kier molecular flexibility index (Phi) is 5.10. The minimum Gasteiger partial charge on any atom is -0.366 e. The van der Waals surface area contributed by atoms with E-state index < -0.39 is 18.1 Å². The Hall–Kier alpha value is -3.13. The van der Waals surface area contributed by atoms with Gasteiger partial charge in [-0.2, -0.15) is 0 Å². The Morgan fingerprint density at radius 1 is 1.14 bits per heavy atom. The van der Waals surface area contributed by atoms with Gasteiger partial charge in [-0.1, -0.05) is 52.3 Å². The summed E-state index contributed by atoms with van der Waals surface area (Å²) in [6.45, 7) is 0.183. The first-order valence-electron chi connectivity index (χ1n) is 9.10. The van der Waals surface area contributed by atoms with Crippen LogP contribution < -0.4 is 10.6 Å². The first kappa shape index (κ1) is 19.2. The number of carbonyl (C=O) groups excluding carboxylic acids is 3. The first-order chi connectivity index (χ1) is 13.9. The lowest BCUT2D eigenvalue weighted by Gasteiger charge is -2.37. The molecule has 0 bridgehead atoms. The molecule has 2 N–H and O–H groups in total. The molecule has 2 aliphatic rings. The van der Waals surface area contributed by atoms with Gasteiger partial charge in [0.1, 0.15) is 6.04 Å². The van der Waals surface area contributed by atoms with Crippen molar-refractivity contribution in [2.45, 2.75) is 18.6 Å². The summed E-state index contributed by atoms with van der Waals surface area (Å²) in [6.07, 6.45) is 1.62. The van der Waals surface area contributed by atoms with Crippen LogP contribution in [-0.4, -0.2) is 46.8 Å². The number of urea groups is 1. The molecule has 2 aliphatic heterocycles. The zero-order valence-electron chi connectivity index (χ0n) is 15.6. The zero-order chi connectivity index (χ0) is 20.5. The minimum atomic E-state index is -0.695. The molecule has 7 nitrogen and oxygen atoms in total. The number of hydrogen-bond donors (Lipinski definition) is 2. The van der Waals surface area contributed by atoms with Crippen LogP contribution in [0.2, 0.25) is 0 Å². The van der Waals surface area contributed by atoms with E-state index in [2.05, 4.69) is 26.6 Å². The van der Waals surface area contributed by atoms with Gasteiger partial charge in [-0.15, -0.1) is 0 Å². The highest BCUT2D eigenvalue weighted by Crippen LogP contribution is 2.28. The number of likely N-dealkylation sites (N-methyl/N-ethyl adjacent to an activating group) is 1. The van der Waals surface area contributed by atoms with Crippen LogP contribution in [-0.2, 0) is 16.1 Å². The van der Waals surface area contributed by atoms with Crippen LogP contribution >= 0.6 is 15.9 Å². The van der Waals surface area contributed by atoms with Crippen molar-refractivity contribution in [2.24, 2.45) is 0 Å². The highest BCUT2D eigenvalue weighted by molar-refractivity contribution is 9.10. The standard InChI is InChI=1S/C21H19BrN4O3/c1-25-12-16(19(27)23-15-9-5-8-14(22)10-15)17-18(25)20(28)26(21(29)24-17)11-13-6-3-2-4-7-13/h2-10,12,17-18H,11H2,1H3,(H,23,27)(H,24,29). The lowest BCUT2D eigenvalue weighted by atomic mass is 9.99. The monoisotopic (exact) mass is 454 g/mol. The van der Waals surface area contributed by atoms with Crippen LogP contribution in [0.3, 0.4) is 0 Å². The van der Waals surface area contributed by atoms with E-state index in [1.165, 1.54) is 4.90 Å². The summed E-state index contributed by atoms with van der Waals surface area (Å²) >= 11 is 3.37. The van der Waals surface area contributed by atoms with E-state index in [0.29, 0.717) is 11.3 Å². The molecule has 1 saturated heterocycles. The van der Waals surface area contributed by atoms with Gasteiger partial charge in [0, 0.05) is 23.4 Å². The van der Waals surface area contributed by atoms with E-state index in [4.69, 9.17) is 0 Å². The van der Waals surface area contributed by atoms with Crippen molar-refractivity contribution in [3.05, 3.63) is 76.4 Å². The van der Waals surface area contributed by atoms with Gasteiger partial charge < -0.3 is 15.5 Å². The van der Waals surface area contributed by atoms with Gasteiger partial charge in [0.25, 0.3) is 11.8 Å². The van der Waals surface area contributed by atoms with Crippen LogP contribution in [0.25, 0.3) is 0 Å². The number of nitrogens with zero attached hydrogens (tertiary/aromatic N) is 2. The molecular formula is C21H19BrN4O3. The number of benzene rings is 2. The normalized spacial score (nSPS) is 20.8. The van der Waals surface area contributed by atoms with Crippen LogP contribution in [0.4, 0.5) is 10.5 Å². The predicted molar refractivity (Wildman–Crippen MR) is 112 cm³/mol. The lowest BCUT2D eigenvalue weighted by molar-refractivity contribution is -0.134. The number of rotatable bonds is 4. The van der Waals surface area contributed by atoms with Gasteiger partial charge >= 0.3 is 6.03 Å². The number of nitrogens with one attached hydrogen (secondary N) is 2. The topological polar surface area (TPSA) is 81.8 Å². The molecule has 0 radical (unpaired) electrons. The smallest absolute Gasteiger partial charge is 0.325 e. The maximum Gasteiger partial charge on any atom is 0.325 e. The van der Waals surface area contributed by atoms with Crippen molar-refractivity contribution in [3.63, 3.8) is 0 Å². The van der Waals surface area contributed by atoms with Crippen LogP contribution in [0.1, 0.15) is 5.56 Å². The molecular weight excluding hydrogens is 436 g/mol. The molecule has 2 heterocycles. The second-order valence-corrected chi connectivity index (χ2v) is 7.91. The van der Waals surface area contributed by atoms with Gasteiger partial charge in [-0.25, -0.2) is 4.79 Å². The summed E-state index contributed by atoms with van der Waals surface area (Å²) in [5, 5.41) is 5.64. The Labute approximate surface area is 176 Å². The minimum absolute atomic E-state index is 0.183. The molecule has 4 amide bonds. The van der Waals surface area contributed by atoms with Gasteiger partial charge in [0.15, 0.2) is 0 Å². The summed E-state index contributed by atoms with van der Waals surface area (Å²) in [6, 6.07) is 14.7. The summed E-state index contributed by atoms with van der Waals surface area (Å²) in [5.74, 6) is -0.682. The number of halogens is 1. The average Bonchev–Trinajstić information content (AvgIpc) is 3.02. The van der Waals surface area contributed by atoms with Crippen molar-refractivity contribution in [2.75, 3.05) is 12.4 Å². The zero-order valence-corrected chi connectivity index (χ0v) is 17.2. The van der Waals surface area contributed by atoms with Crippen molar-refractivity contribution < 1.29 is 14.4 Å². The highest BCUT2D eigenvalue weighted by atomic mass is 79.9. The van der Waals surface area contributed by atoms with E-state index >= 15 is 0 Å². The molecule has 2 unspecified atom stereocenters. The number of amides is 4. The lowest BCUT2D eigenvalue weighted by Crippen LogP contribution is -2.64. The molecule has 0 aliphatic carbocycles. The van der Waals surface area contributed by atoms with Gasteiger partial charge in [-0.3, -0.25) is 14.5 Å². The summed E-state index contributed by atoms with van der Waals surface area (Å²) < 4.78 is 0.836. The third kappa shape index (κ3) is 3.75. The first-order valence-corrected chi connectivity index (χ1v) is 9.90. The maximum absolute atomic E-state index is 13.1. The van der Waals surface area contributed by atoms with Gasteiger partial charge in [0.2, 0.25) is 0 Å². The molecule has 4 rings (SSSR count). The Morgan fingerprint density at radius 2 is 1.90 bits per heavy atom. The van der Waals surface area contributed by atoms with Crippen molar-refractivity contribution in [1.29, 1.82) is 0 Å². The number of fused-ring (bicyclic) bond motifs is 1. The van der Waals surface area contributed by atoms with Gasteiger partial charge in [-0.05, 0) is 23.8 Å². The van der Waals surface area contributed by atoms with Crippen LogP contribution in [0.5, 0.6) is 0 Å². The SMILES string of the molecule is CN1C=C(C(=O)Nc2cccc(Br)c2)C2NC(=O)N(Cc3ccccc3)C(=O)C21. The molecule has 0 aromatic heterocycles. The Bertz CT molecular complexity index is 1010. The maximum atomic E-state index is 13.1. The number of hydrogen-bond acceptors (Lipinski definition) is 4. The molecule has 148 valence electrons. The quantitative estimate of drug-likeness (QED) is 0.743. The molecule has 8 heteroatoms. The molecule has 0 saturated carbocycles. The molecule has 2 aromatic carbocycles. The van der Waals surface area contributed by atoms with Crippen LogP contribution in [0.15, 0.2) is 70.8 Å². The van der Waals surface area contributed by atoms with E-state index in [0.717, 1.165) is 10.0 Å². The number of carbonyl (C=O) groups is 3. The molecule has 1 fully saturated rings. The molecule has 0 spiro atoms. The molecule has 2 atom stereocenters. The van der Waals surface area contributed by atoms with Crippen molar-refractivity contribution >= 4 is 39.5 Å². The van der Waals surface area contributed by atoms with E-state index in [1.54, 1.807) is 30.3 Å². The van der Waals surface area contributed by atoms with Crippen molar-refractivity contribution in [3.8, 4) is 0 Å². The summed E-state index contributed by atoms with van der Waals surface area (Å²) in [7, 11) is 1.73. The Morgan fingerprint density at radius 3 is 2.62 bits per heavy atom. The largest absolute Gasteiger partial charge is 0.366 e. The second kappa shape index (κ2) is 7.71. The fraction of sp³-hybridized carbons (Fsp3) is 0.190. The average molecular weight is 455 g/mol. The Balaban J connectivity index is 1.52. The van der Waals surface area contributed by atoms with Crippen molar-refractivity contribution in [1.82, 2.24) is 15.1 Å². The molecule has 2 aromatic rings. The van der Waals surface area contributed by atoms with E-state index in [-0.39, 0.29) is 18.4 Å². The molecule has 29 heavy (non-hydrogen) atoms. The third-order valence-corrected chi connectivity index (χ3v) is 5.50. The number of anilines is 1. The second-order valence-electron chi connectivity index (χ2n) is 7.00. The number of imide groups is 1. The van der Waals surface area contributed by atoms with E-state index in [1.807, 2.05) is 42.5 Å². The highest BCUT2D eigenvalue weighted by Gasteiger charge is 2.49. The summed E-state index contributed by atoms with van der Waals surface area (Å²) in [4.78, 5) is 41.4. The van der Waals surface area contributed by atoms with Crippen LogP contribution in [0, 0.1) is 0 Å². The fourth-order valence-electron chi connectivity index (χ4n) is 3.61. The predicted octanol–water partition coefficient (Wildman–Crippen LogP) is 2.71. The fourth-order valence-corrected chi connectivity index (χ4v) is 4.01. The van der Waals surface area contributed by atoms with Gasteiger partial charge in [0.05, 0.1) is 18.2 Å². The summed E-state index contributed by atoms with van der Waals surface area (Å²) in [5.41, 5.74) is 1.82. The third-order valence-electron chi connectivity index (χ3n) is 5.00. The van der Waals surface area contributed by atoms with E-state index in [9.17, 15) is 14.4 Å².